The molecular weight excluding hydrogens is 364 g/mol. The van der Waals surface area contributed by atoms with Crippen LogP contribution in [0.4, 0.5) is 8.78 Å². The molecule has 0 saturated carbocycles. The van der Waals surface area contributed by atoms with E-state index in [0.29, 0.717) is 25.1 Å². The van der Waals surface area contributed by atoms with E-state index in [1.807, 2.05) is 0 Å². The summed E-state index contributed by atoms with van der Waals surface area (Å²) in [6.07, 6.45) is 0.574. The van der Waals surface area contributed by atoms with E-state index in [1.165, 1.54) is 6.07 Å². The average Bonchev–Trinajstić information content (AvgIpc) is 3.00. The lowest BCUT2D eigenvalue weighted by Crippen LogP contribution is -2.46. The van der Waals surface area contributed by atoms with Gasteiger partial charge >= 0.3 is 0 Å². The van der Waals surface area contributed by atoms with Crippen LogP contribution in [0.3, 0.4) is 0 Å². The molecule has 2 aromatic carbocycles. The number of benzene rings is 2. The van der Waals surface area contributed by atoms with E-state index < -0.39 is 23.8 Å². The molecule has 1 fully saturated rings. The lowest BCUT2D eigenvalue weighted by molar-refractivity contribution is -0.132. The van der Waals surface area contributed by atoms with Gasteiger partial charge in [0.15, 0.2) is 11.6 Å². The van der Waals surface area contributed by atoms with Crippen LogP contribution in [0, 0.1) is 23.0 Å². The third-order valence-electron chi connectivity index (χ3n) is 4.56. The monoisotopic (exact) mass is 385 g/mol. The Morgan fingerprint density at radius 2 is 1.96 bits per heavy atom. The molecular formula is C21H21F2N3O2. The number of hydrogen-bond donors (Lipinski definition) is 2. The summed E-state index contributed by atoms with van der Waals surface area (Å²) in [6.45, 7) is 1.73. The molecule has 3 rings (SSSR count). The predicted octanol–water partition coefficient (Wildman–Crippen LogP) is 2.56. The van der Waals surface area contributed by atoms with Gasteiger partial charge in [-0.15, -0.1) is 0 Å². The van der Waals surface area contributed by atoms with Crippen LogP contribution in [0.25, 0.3) is 11.1 Å². The first-order valence-electron chi connectivity index (χ1n) is 9.13. The van der Waals surface area contributed by atoms with Crippen molar-refractivity contribution in [3.05, 3.63) is 59.7 Å². The summed E-state index contributed by atoms with van der Waals surface area (Å²) in [7, 11) is 0. The number of nitrogens with one attached hydrogen (secondary N) is 2. The van der Waals surface area contributed by atoms with Crippen molar-refractivity contribution in [3.63, 3.8) is 0 Å². The maximum atomic E-state index is 13.4. The fourth-order valence-electron chi connectivity index (χ4n) is 3.02. The number of carbonyl (C=O) groups excluding carboxylic acids is 1. The second-order valence-corrected chi connectivity index (χ2v) is 6.64. The first-order chi connectivity index (χ1) is 13.6. The number of amides is 1. The van der Waals surface area contributed by atoms with Crippen LogP contribution < -0.4 is 10.6 Å². The summed E-state index contributed by atoms with van der Waals surface area (Å²) in [5.74, 6) is -2.09. The molecule has 1 aliphatic heterocycles. The maximum absolute atomic E-state index is 13.4. The first-order valence-corrected chi connectivity index (χ1v) is 9.13. The van der Waals surface area contributed by atoms with Gasteiger partial charge < -0.3 is 15.4 Å². The number of rotatable bonds is 5. The highest BCUT2D eigenvalue weighted by atomic mass is 19.2. The summed E-state index contributed by atoms with van der Waals surface area (Å²) < 4.78 is 32.0. The van der Waals surface area contributed by atoms with Crippen LogP contribution in [0.5, 0.6) is 0 Å². The molecule has 0 aliphatic carbocycles. The zero-order valence-corrected chi connectivity index (χ0v) is 15.3. The molecule has 2 aromatic rings. The minimum atomic E-state index is -0.899. The largest absolute Gasteiger partial charge is 0.367 e. The third-order valence-corrected chi connectivity index (χ3v) is 4.56. The first kappa shape index (κ1) is 19.9. The molecule has 146 valence electrons. The van der Waals surface area contributed by atoms with Crippen LogP contribution >= 0.6 is 0 Å². The van der Waals surface area contributed by atoms with E-state index in [4.69, 9.17) is 4.74 Å². The molecule has 28 heavy (non-hydrogen) atoms. The molecule has 1 saturated heterocycles. The Hall–Kier alpha value is -2.82. The van der Waals surface area contributed by atoms with Crippen molar-refractivity contribution in [2.45, 2.75) is 25.0 Å². The second-order valence-electron chi connectivity index (χ2n) is 6.64. The van der Waals surface area contributed by atoms with E-state index in [-0.39, 0.29) is 5.91 Å². The van der Waals surface area contributed by atoms with Crippen molar-refractivity contribution < 1.29 is 18.3 Å². The Morgan fingerprint density at radius 1 is 1.21 bits per heavy atom. The summed E-state index contributed by atoms with van der Waals surface area (Å²) in [5, 5.41) is 15.2. The van der Waals surface area contributed by atoms with E-state index in [1.54, 1.807) is 24.3 Å². The molecule has 0 radical (unpaired) electrons. The molecule has 1 aliphatic rings. The smallest absolute Gasteiger partial charge is 0.251 e. The Bertz CT molecular complexity index is 857. The summed E-state index contributed by atoms with van der Waals surface area (Å²) in [6, 6.07) is 12.3. The van der Waals surface area contributed by atoms with Crippen LogP contribution in [-0.2, 0) is 16.0 Å². The molecule has 0 spiro atoms. The van der Waals surface area contributed by atoms with Gasteiger partial charge in [-0.1, -0.05) is 30.3 Å². The minimum absolute atomic E-state index is 0.306. The minimum Gasteiger partial charge on any atom is -0.367 e. The fourth-order valence-corrected chi connectivity index (χ4v) is 3.02. The number of halogens is 2. The number of ether oxygens (including phenoxy) is 1. The quantitative estimate of drug-likeness (QED) is 0.830. The van der Waals surface area contributed by atoms with E-state index in [0.717, 1.165) is 36.2 Å². The summed E-state index contributed by atoms with van der Waals surface area (Å²) in [5.41, 5.74) is 2.14. The predicted molar refractivity (Wildman–Crippen MR) is 100 cm³/mol. The molecule has 1 heterocycles. The Morgan fingerprint density at radius 3 is 2.68 bits per heavy atom. The maximum Gasteiger partial charge on any atom is 0.251 e. The normalized spacial score (nSPS) is 18.0. The van der Waals surface area contributed by atoms with Gasteiger partial charge in [0.2, 0.25) is 0 Å². The van der Waals surface area contributed by atoms with Gasteiger partial charge in [-0.25, -0.2) is 8.78 Å². The highest BCUT2D eigenvalue weighted by molar-refractivity contribution is 5.81. The zero-order chi connectivity index (χ0) is 19.9. The van der Waals surface area contributed by atoms with Crippen molar-refractivity contribution in [1.82, 2.24) is 10.6 Å². The SMILES string of the molecule is N#CC(Cc1ccc(-c2ccc(F)c(F)c2)cc1)NC(=O)[C@@H]1CNCCCO1. The van der Waals surface area contributed by atoms with E-state index in [9.17, 15) is 18.8 Å². The highest BCUT2D eigenvalue weighted by Gasteiger charge is 2.23. The summed E-state index contributed by atoms with van der Waals surface area (Å²) in [4.78, 5) is 12.3. The molecule has 2 N–H and O–H groups in total. The summed E-state index contributed by atoms with van der Waals surface area (Å²) >= 11 is 0. The van der Waals surface area contributed by atoms with Crippen molar-refractivity contribution >= 4 is 5.91 Å². The Labute approximate surface area is 162 Å². The van der Waals surface area contributed by atoms with Gasteiger partial charge in [0, 0.05) is 19.6 Å². The standard InChI is InChI=1S/C21H21F2N3O2/c22-18-7-6-16(11-19(18)23)15-4-2-14(3-5-15)10-17(12-24)26-21(27)20-13-25-8-1-9-28-20/h2-7,11,17,20,25H,1,8-10,13H2,(H,26,27)/t17?,20-/m0/s1. The van der Waals surface area contributed by atoms with Crippen LogP contribution in [0.15, 0.2) is 42.5 Å². The molecule has 0 aromatic heterocycles. The third kappa shape index (κ3) is 5.12. The van der Waals surface area contributed by atoms with Gasteiger partial charge in [-0.3, -0.25) is 4.79 Å². The number of nitriles is 1. The molecule has 7 heteroatoms. The molecule has 2 atom stereocenters. The molecule has 1 unspecified atom stereocenters. The Kier molecular flexibility index (Phi) is 6.69. The van der Waals surface area contributed by atoms with Gasteiger partial charge in [-0.05, 0) is 41.8 Å². The topological polar surface area (TPSA) is 74.2 Å². The average molecular weight is 385 g/mol. The lowest BCUT2D eigenvalue weighted by atomic mass is 10.0. The van der Waals surface area contributed by atoms with Crippen molar-refractivity contribution in [2.24, 2.45) is 0 Å². The number of hydrogen-bond acceptors (Lipinski definition) is 4. The number of nitrogens with zero attached hydrogens (tertiary/aromatic N) is 1. The fraction of sp³-hybridized carbons (Fsp3) is 0.333. The molecule has 0 bridgehead atoms. The second kappa shape index (κ2) is 9.40. The van der Waals surface area contributed by atoms with E-state index in [2.05, 4.69) is 16.7 Å². The highest BCUT2D eigenvalue weighted by Crippen LogP contribution is 2.22. The van der Waals surface area contributed by atoms with Gasteiger partial charge in [0.25, 0.3) is 5.91 Å². The lowest BCUT2D eigenvalue weighted by Gasteiger charge is -2.18. The van der Waals surface area contributed by atoms with E-state index >= 15 is 0 Å². The van der Waals surface area contributed by atoms with Crippen LogP contribution in [0.1, 0.15) is 12.0 Å². The number of carbonyl (C=O) groups is 1. The zero-order valence-electron chi connectivity index (χ0n) is 15.3. The van der Waals surface area contributed by atoms with Crippen molar-refractivity contribution in [1.29, 1.82) is 5.26 Å². The van der Waals surface area contributed by atoms with Crippen molar-refractivity contribution in [3.8, 4) is 17.2 Å². The van der Waals surface area contributed by atoms with Crippen LogP contribution in [-0.4, -0.2) is 37.7 Å². The van der Waals surface area contributed by atoms with Crippen LogP contribution in [0.2, 0.25) is 0 Å². The molecule has 1 amide bonds. The Balaban J connectivity index is 1.62. The van der Waals surface area contributed by atoms with Gasteiger partial charge in [0.1, 0.15) is 12.1 Å². The molecule has 5 nitrogen and oxygen atoms in total. The van der Waals surface area contributed by atoms with Crippen molar-refractivity contribution in [2.75, 3.05) is 19.7 Å². The van der Waals surface area contributed by atoms with Gasteiger partial charge in [-0.2, -0.15) is 5.26 Å². The van der Waals surface area contributed by atoms with Gasteiger partial charge in [0.05, 0.1) is 6.07 Å².